The Balaban J connectivity index is 0.00000442. The third-order valence-electron chi connectivity index (χ3n) is 8.97. The second-order valence-electron chi connectivity index (χ2n) is 12.6. The Morgan fingerprint density at radius 3 is 2.50 bits per heavy atom. The van der Waals surface area contributed by atoms with Gasteiger partial charge in [-0.05, 0) is 57.2 Å². The molecule has 5 rings (SSSR count). The van der Waals surface area contributed by atoms with E-state index in [9.17, 15) is 9.59 Å². The van der Waals surface area contributed by atoms with Gasteiger partial charge in [-0.3, -0.25) is 19.5 Å². The molecule has 3 aromatic heterocycles. The number of halogens is 1. The van der Waals surface area contributed by atoms with Gasteiger partial charge >= 0.3 is 0 Å². The van der Waals surface area contributed by atoms with E-state index in [4.69, 9.17) is 14.9 Å². The molecule has 1 atom stereocenters. The number of nitrogens with zero attached hydrogens (tertiary/aromatic N) is 4. The summed E-state index contributed by atoms with van der Waals surface area (Å²) in [6.45, 7) is 6.44. The van der Waals surface area contributed by atoms with E-state index in [0.29, 0.717) is 48.8 Å². The number of hydrogen-bond acceptors (Lipinski definition) is 7. The van der Waals surface area contributed by atoms with Crippen LogP contribution in [0.4, 0.5) is 0 Å². The number of nitrogens with two attached hydrogens (primary N) is 1. The third kappa shape index (κ3) is 8.86. The fourth-order valence-corrected chi connectivity index (χ4v) is 6.08. The van der Waals surface area contributed by atoms with E-state index >= 15 is 0 Å². The summed E-state index contributed by atoms with van der Waals surface area (Å²) < 4.78 is 14.1. The quantitative estimate of drug-likeness (QED) is 0.197. The smallest absolute Gasteiger partial charge is 0.261 e. The number of aryl methyl sites for hydroxylation is 1. The van der Waals surface area contributed by atoms with E-state index < -0.39 is 0 Å². The number of piperazine rings is 1. The Morgan fingerprint density at radius 1 is 1.07 bits per heavy atom. The standard InChI is InChI=1S/C34H49N5O4.ClH/c1-25-21-39(32(40)11-9-7-5-3-4-6-8-10-15-35)18-17-38(25)22-27-19-29-33(43-27)30(23-37(2)34(29)41)28-14-16-36-20-31(28)42-24-26-12-13-26;/h14,16,19-20,23,25-26H,3-13,15,17-18,21-22,24,35H2,1-2H3;1H/t25-;/m1./s1. The fraction of sp³-hybridized carbons (Fsp3) is 0.618. The number of hydrogen-bond donors (Lipinski definition) is 1. The Bertz CT molecular complexity index is 1420. The van der Waals surface area contributed by atoms with Crippen molar-refractivity contribution in [3.8, 4) is 16.9 Å². The zero-order chi connectivity index (χ0) is 30.2. The molecule has 0 radical (unpaired) electrons. The number of carbonyl (C=O) groups is 1. The van der Waals surface area contributed by atoms with Crippen molar-refractivity contribution in [1.29, 1.82) is 0 Å². The van der Waals surface area contributed by atoms with Gasteiger partial charge in [-0.1, -0.05) is 38.5 Å². The van der Waals surface area contributed by atoms with Crippen molar-refractivity contribution in [1.82, 2.24) is 19.4 Å². The summed E-state index contributed by atoms with van der Waals surface area (Å²) in [6, 6.07) is 4.01. The lowest BCUT2D eigenvalue weighted by Crippen LogP contribution is -2.53. The van der Waals surface area contributed by atoms with Crippen molar-refractivity contribution in [3.63, 3.8) is 0 Å². The Morgan fingerprint density at radius 2 is 1.80 bits per heavy atom. The van der Waals surface area contributed by atoms with Crippen LogP contribution in [0.15, 0.2) is 39.9 Å². The highest BCUT2D eigenvalue weighted by molar-refractivity contribution is 5.93. The molecule has 9 nitrogen and oxygen atoms in total. The maximum Gasteiger partial charge on any atom is 0.261 e. The molecule has 2 fully saturated rings. The summed E-state index contributed by atoms with van der Waals surface area (Å²) in [5, 5.41) is 0.567. The van der Waals surface area contributed by atoms with Crippen molar-refractivity contribution in [2.24, 2.45) is 18.7 Å². The summed E-state index contributed by atoms with van der Waals surface area (Å²) in [7, 11) is 1.77. The van der Waals surface area contributed by atoms with Crippen LogP contribution >= 0.6 is 12.4 Å². The van der Waals surface area contributed by atoms with Crippen LogP contribution in [-0.4, -0.2) is 64.1 Å². The summed E-state index contributed by atoms with van der Waals surface area (Å²) in [4.78, 5) is 34.7. The highest BCUT2D eigenvalue weighted by Gasteiger charge is 2.28. The molecule has 0 spiro atoms. The molecular weight excluding hydrogens is 578 g/mol. The lowest BCUT2D eigenvalue weighted by atomic mass is 10.1. The molecule has 1 aliphatic carbocycles. The van der Waals surface area contributed by atoms with Crippen LogP contribution in [0, 0.1) is 5.92 Å². The fourth-order valence-electron chi connectivity index (χ4n) is 6.08. The molecule has 44 heavy (non-hydrogen) atoms. The summed E-state index contributed by atoms with van der Waals surface area (Å²) in [5.74, 6) is 2.35. The Labute approximate surface area is 267 Å². The zero-order valence-corrected chi connectivity index (χ0v) is 27.3. The molecule has 1 amide bonds. The largest absolute Gasteiger partial charge is 0.491 e. The third-order valence-corrected chi connectivity index (χ3v) is 8.97. The number of carbonyl (C=O) groups excluding carboxylic acids is 1. The van der Waals surface area contributed by atoms with Gasteiger partial charge < -0.3 is 24.4 Å². The minimum absolute atomic E-state index is 0. The van der Waals surface area contributed by atoms with E-state index in [2.05, 4.69) is 16.8 Å². The molecule has 10 heteroatoms. The van der Waals surface area contributed by atoms with E-state index in [1.165, 1.54) is 44.9 Å². The highest BCUT2D eigenvalue weighted by atomic mass is 35.5. The van der Waals surface area contributed by atoms with Gasteiger partial charge in [0, 0.05) is 62.7 Å². The maximum absolute atomic E-state index is 13.1. The first-order valence-electron chi connectivity index (χ1n) is 16.4. The zero-order valence-electron chi connectivity index (χ0n) is 26.5. The van der Waals surface area contributed by atoms with Gasteiger partial charge in [-0.2, -0.15) is 0 Å². The monoisotopic (exact) mass is 627 g/mol. The van der Waals surface area contributed by atoms with E-state index in [-0.39, 0.29) is 29.9 Å². The summed E-state index contributed by atoms with van der Waals surface area (Å²) >= 11 is 0. The van der Waals surface area contributed by atoms with Gasteiger partial charge in [-0.25, -0.2) is 0 Å². The van der Waals surface area contributed by atoms with Crippen LogP contribution in [0.5, 0.6) is 5.75 Å². The average Bonchev–Trinajstić information content (AvgIpc) is 3.75. The molecule has 0 bridgehead atoms. The number of fused-ring (bicyclic) bond motifs is 1. The lowest BCUT2D eigenvalue weighted by molar-refractivity contribution is -0.134. The molecule has 2 N–H and O–H groups in total. The lowest BCUT2D eigenvalue weighted by Gasteiger charge is -2.39. The predicted octanol–water partition coefficient (Wildman–Crippen LogP) is 5.91. The van der Waals surface area contributed by atoms with E-state index in [1.54, 1.807) is 24.0 Å². The topological polar surface area (TPSA) is 107 Å². The highest BCUT2D eigenvalue weighted by Crippen LogP contribution is 2.37. The molecule has 4 heterocycles. The molecule has 242 valence electrons. The normalized spacial score (nSPS) is 17.2. The molecule has 0 aromatic carbocycles. The minimum atomic E-state index is -0.0849. The number of unbranched alkanes of at least 4 members (excludes halogenated alkanes) is 7. The van der Waals surface area contributed by atoms with Gasteiger partial charge in [0.15, 0.2) is 0 Å². The number of rotatable bonds is 16. The number of aromatic nitrogens is 2. The van der Waals surface area contributed by atoms with Crippen LogP contribution in [0.3, 0.4) is 0 Å². The summed E-state index contributed by atoms with van der Waals surface area (Å²) in [6.07, 6.45) is 17.8. The first-order chi connectivity index (χ1) is 20.9. The number of amides is 1. The van der Waals surface area contributed by atoms with Gasteiger partial charge in [-0.15, -0.1) is 12.4 Å². The van der Waals surface area contributed by atoms with Crippen LogP contribution in [0.2, 0.25) is 0 Å². The van der Waals surface area contributed by atoms with Crippen molar-refractivity contribution in [3.05, 3.63) is 46.8 Å². The van der Waals surface area contributed by atoms with Crippen LogP contribution < -0.4 is 16.0 Å². The van der Waals surface area contributed by atoms with E-state index in [1.807, 2.05) is 23.2 Å². The first-order valence-corrected chi connectivity index (χ1v) is 16.4. The van der Waals surface area contributed by atoms with Gasteiger partial charge in [0.05, 0.1) is 24.7 Å². The molecule has 1 saturated carbocycles. The van der Waals surface area contributed by atoms with Gasteiger partial charge in [0.25, 0.3) is 5.56 Å². The Kier molecular flexibility index (Phi) is 12.7. The Hall–Kier alpha value is -2.88. The SMILES string of the molecule is C[C@@H]1CN(C(=O)CCCCCCCCCCN)CCN1Cc1cc2c(=O)n(C)cc(-c3ccncc3OCC3CC3)c2o1.Cl. The number of ether oxygens (including phenoxy) is 1. The maximum atomic E-state index is 13.1. The van der Waals surface area contributed by atoms with Crippen molar-refractivity contribution in [2.75, 3.05) is 32.8 Å². The van der Waals surface area contributed by atoms with Crippen LogP contribution in [0.1, 0.15) is 83.3 Å². The molecular formula is C34H50ClN5O4. The van der Waals surface area contributed by atoms with Crippen molar-refractivity contribution < 1.29 is 13.9 Å². The molecule has 2 aliphatic rings. The predicted molar refractivity (Wildman–Crippen MR) is 177 cm³/mol. The van der Waals surface area contributed by atoms with Gasteiger partial charge in [0.2, 0.25) is 5.91 Å². The molecule has 3 aromatic rings. The second-order valence-corrected chi connectivity index (χ2v) is 12.6. The van der Waals surface area contributed by atoms with Crippen LogP contribution in [-0.2, 0) is 18.4 Å². The second kappa shape index (κ2) is 16.4. The number of pyridine rings is 2. The summed E-state index contributed by atoms with van der Waals surface area (Å²) in [5.41, 5.74) is 7.75. The number of furan rings is 1. The van der Waals surface area contributed by atoms with E-state index in [0.717, 1.165) is 55.8 Å². The molecule has 1 saturated heterocycles. The van der Waals surface area contributed by atoms with Crippen LogP contribution in [0.25, 0.3) is 22.1 Å². The molecule has 0 unspecified atom stereocenters. The average molecular weight is 628 g/mol. The van der Waals surface area contributed by atoms with Crippen molar-refractivity contribution >= 4 is 29.3 Å². The minimum Gasteiger partial charge on any atom is -0.491 e. The van der Waals surface area contributed by atoms with Gasteiger partial charge in [0.1, 0.15) is 17.1 Å². The first kappa shape index (κ1) is 34.0. The molecule has 1 aliphatic heterocycles. The van der Waals surface area contributed by atoms with Crippen molar-refractivity contribution in [2.45, 2.75) is 90.1 Å².